The molecular formula is C29H43N5O3. The average molecular weight is 510 g/mol. The van der Waals surface area contributed by atoms with Gasteiger partial charge >= 0.3 is 6.09 Å². The Balaban J connectivity index is 1.33. The minimum absolute atomic E-state index is 0.00969. The van der Waals surface area contributed by atoms with Crippen LogP contribution in [0.5, 0.6) is 0 Å². The van der Waals surface area contributed by atoms with Crippen LogP contribution in [0.2, 0.25) is 0 Å². The summed E-state index contributed by atoms with van der Waals surface area (Å²) in [6.45, 7) is 8.92. The Hall–Kier alpha value is -2.61. The average Bonchev–Trinajstić information content (AvgIpc) is 3.14. The number of hydrogen-bond acceptors (Lipinski definition) is 6. The fourth-order valence-corrected chi connectivity index (χ4v) is 6.39. The van der Waals surface area contributed by atoms with Crippen molar-refractivity contribution in [1.82, 2.24) is 19.8 Å². The second-order valence-corrected chi connectivity index (χ2v) is 12.1. The maximum Gasteiger partial charge on any atom is 0.407 e. The number of amides is 1. The minimum atomic E-state index is -0.540. The molecule has 2 aliphatic heterocycles. The van der Waals surface area contributed by atoms with Crippen LogP contribution in [-0.4, -0.2) is 64.4 Å². The van der Waals surface area contributed by atoms with E-state index >= 15 is 0 Å². The highest BCUT2D eigenvalue weighted by atomic mass is 16.6. The minimum Gasteiger partial charge on any atom is -0.444 e. The lowest BCUT2D eigenvalue weighted by Crippen LogP contribution is -2.44. The van der Waals surface area contributed by atoms with Gasteiger partial charge in [0.2, 0.25) is 0 Å². The summed E-state index contributed by atoms with van der Waals surface area (Å²) < 4.78 is 7.45. The molecule has 8 nitrogen and oxygen atoms in total. The van der Waals surface area contributed by atoms with Gasteiger partial charge in [0.05, 0.1) is 17.1 Å². The lowest BCUT2D eigenvalue weighted by Gasteiger charge is -2.38. The van der Waals surface area contributed by atoms with E-state index in [2.05, 4.69) is 10.2 Å². The highest BCUT2D eigenvalue weighted by molar-refractivity contribution is 5.76. The summed E-state index contributed by atoms with van der Waals surface area (Å²) in [6, 6.07) is 8.84. The normalized spacial score (nSPS) is 22.8. The van der Waals surface area contributed by atoms with Crippen molar-refractivity contribution in [1.29, 1.82) is 0 Å². The number of fused-ring (bicyclic) bond motifs is 1. The quantitative estimate of drug-likeness (QED) is 0.593. The molecule has 2 saturated heterocycles. The van der Waals surface area contributed by atoms with Gasteiger partial charge in [-0.2, -0.15) is 0 Å². The number of carbonyl (C=O) groups excluding carboxylic acids is 1. The van der Waals surface area contributed by atoms with Gasteiger partial charge in [0, 0.05) is 38.3 Å². The third kappa shape index (κ3) is 6.11. The van der Waals surface area contributed by atoms with Crippen molar-refractivity contribution in [3.8, 4) is 0 Å². The molecular weight excluding hydrogens is 466 g/mol. The molecule has 8 heteroatoms. The van der Waals surface area contributed by atoms with Crippen LogP contribution < -0.4 is 15.8 Å². The van der Waals surface area contributed by atoms with Gasteiger partial charge in [0.25, 0.3) is 5.56 Å². The highest BCUT2D eigenvalue weighted by Gasteiger charge is 2.32. The molecule has 0 unspecified atom stereocenters. The van der Waals surface area contributed by atoms with Crippen LogP contribution in [0.4, 0.5) is 10.6 Å². The van der Waals surface area contributed by atoms with Crippen molar-refractivity contribution in [3.05, 3.63) is 34.6 Å². The molecule has 1 saturated carbocycles. The van der Waals surface area contributed by atoms with Crippen molar-refractivity contribution in [2.45, 2.75) is 102 Å². The van der Waals surface area contributed by atoms with E-state index in [1.807, 2.05) is 54.5 Å². The summed E-state index contributed by atoms with van der Waals surface area (Å²) in [4.78, 5) is 35.8. The first-order chi connectivity index (χ1) is 17.8. The van der Waals surface area contributed by atoms with Crippen LogP contribution in [0.15, 0.2) is 29.1 Å². The van der Waals surface area contributed by atoms with E-state index in [0.29, 0.717) is 24.9 Å². The monoisotopic (exact) mass is 509 g/mol. The number of ether oxygens (including phenoxy) is 1. The number of aromatic nitrogens is 2. The number of benzene rings is 1. The number of nitrogens with one attached hydrogen (secondary N) is 1. The molecule has 1 N–H and O–H groups in total. The zero-order chi connectivity index (χ0) is 26.0. The van der Waals surface area contributed by atoms with Crippen molar-refractivity contribution in [3.63, 3.8) is 0 Å². The van der Waals surface area contributed by atoms with E-state index < -0.39 is 11.7 Å². The molecule has 37 heavy (non-hydrogen) atoms. The molecule has 0 spiro atoms. The number of alkyl carbamates (subject to hydrolysis) is 1. The zero-order valence-electron chi connectivity index (χ0n) is 22.7. The zero-order valence-corrected chi connectivity index (χ0v) is 22.7. The van der Waals surface area contributed by atoms with E-state index in [-0.39, 0.29) is 17.6 Å². The fraction of sp³-hybridized carbons (Fsp3) is 0.690. The van der Waals surface area contributed by atoms with Crippen molar-refractivity contribution in [2.24, 2.45) is 0 Å². The van der Waals surface area contributed by atoms with E-state index in [9.17, 15) is 9.59 Å². The van der Waals surface area contributed by atoms with Crippen molar-refractivity contribution >= 4 is 22.9 Å². The van der Waals surface area contributed by atoms with Crippen molar-refractivity contribution in [2.75, 3.05) is 31.1 Å². The molecule has 5 rings (SSSR count). The van der Waals surface area contributed by atoms with Gasteiger partial charge in [-0.05, 0) is 65.0 Å². The summed E-state index contributed by atoms with van der Waals surface area (Å²) in [5.74, 6) is 0.499. The molecule has 1 aromatic carbocycles. The standard InChI is InChI=1S/C29H43N5O3/c1-29(2,3)37-28(36)30-21-14-17-33(20-21)26-27(35)34(25-13-9-8-12-24(25)31-26)23-15-18-32(19-16-23)22-10-6-4-5-7-11-22/h8-9,12-13,21-23H,4-7,10-11,14-20H2,1-3H3,(H,30,36)/t21-/m0/s1. The van der Waals surface area contributed by atoms with Crippen LogP contribution in [0.1, 0.15) is 84.6 Å². The lowest BCUT2D eigenvalue weighted by molar-refractivity contribution is 0.0509. The summed E-state index contributed by atoms with van der Waals surface area (Å²) in [6.07, 6.45) is 10.4. The maximum absolute atomic E-state index is 13.9. The molecule has 3 aliphatic rings. The number of hydrogen-bond donors (Lipinski definition) is 1. The topological polar surface area (TPSA) is 79.7 Å². The molecule has 1 aliphatic carbocycles. The Kier molecular flexibility index (Phi) is 7.75. The van der Waals surface area contributed by atoms with Gasteiger partial charge in [0.15, 0.2) is 5.82 Å². The number of para-hydroxylation sites is 2. The van der Waals surface area contributed by atoms with E-state index in [4.69, 9.17) is 9.72 Å². The number of anilines is 1. The Morgan fingerprint density at radius 2 is 1.65 bits per heavy atom. The lowest BCUT2D eigenvalue weighted by atomic mass is 9.99. The first-order valence-corrected chi connectivity index (χ1v) is 14.3. The summed E-state index contributed by atoms with van der Waals surface area (Å²) in [7, 11) is 0. The Morgan fingerprint density at radius 1 is 0.946 bits per heavy atom. The number of likely N-dealkylation sites (tertiary alicyclic amines) is 1. The van der Waals surface area contributed by atoms with Crippen molar-refractivity contribution < 1.29 is 9.53 Å². The summed E-state index contributed by atoms with van der Waals surface area (Å²) in [5.41, 5.74) is 1.23. The predicted octanol–water partition coefficient (Wildman–Crippen LogP) is 4.86. The highest BCUT2D eigenvalue weighted by Crippen LogP contribution is 2.30. The maximum atomic E-state index is 13.9. The summed E-state index contributed by atoms with van der Waals surface area (Å²) in [5, 5.41) is 2.97. The van der Waals surface area contributed by atoms with Gasteiger partial charge < -0.3 is 24.4 Å². The third-order valence-electron chi connectivity index (χ3n) is 8.19. The first kappa shape index (κ1) is 26.0. The number of piperidine rings is 1. The van der Waals surface area contributed by atoms with E-state index in [0.717, 1.165) is 43.4 Å². The van der Waals surface area contributed by atoms with Gasteiger partial charge in [-0.3, -0.25) is 4.79 Å². The van der Waals surface area contributed by atoms with Gasteiger partial charge in [-0.15, -0.1) is 0 Å². The molecule has 1 amide bonds. The molecule has 3 heterocycles. The molecule has 3 fully saturated rings. The molecule has 0 bridgehead atoms. The molecule has 202 valence electrons. The van der Waals surface area contributed by atoms with Crippen LogP contribution in [0, 0.1) is 0 Å². The largest absolute Gasteiger partial charge is 0.444 e. The van der Waals surface area contributed by atoms with Crippen LogP contribution in [-0.2, 0) is 4.74 Å². The summed E-state index contributed by atoms with van der Waals surface area (Å²) >= 11 is 0. The fourth-order valence-electron chi connectivity index (χ4n) is 6.39. The molecule has 1 aromatic heterocycles. The second kappa shape index (κ2) is 11.0. The van der Waals surface area contributed by atoms with Crippen LogP contribution in [0.3, 0.4) is 0 Å². The molecule has 0 radical (unpaired) electrons. The first-order valence-electron chi connectivity index (χ1n) is 14.3. The van der Waals surface area contributed by atoms with Gasteiger partial charge in [-0.1, -0.05) is 37.8 Å². The predicted molar refractivity (Wildman–Crippen MR) is 147 cm³/mol. The second-order valence-electron chi connectivity index (χ2n) is 12.1. The number of rotatable bonds is 4. The van der Waals surface area contributed by atoms with E-state index in [1.54, 1.807) is 0 Å². The van der Waals surface area contributed by atoms with Gasteiger partial charge in [-0.25, -0.2) is 9.78 Å². The Bertz CT molecular complexity index is 1140. The SMILES string of the molecule is CC(C)(C)OC(=O)N[C@H]1CCN(c2nc3ccccc3n(C3CCN(C4CCCCCC4)CC3)c2=O)C1. The number of nitrogens with zero attached hydrogens (tertiary/aromatic N) is 4. The van der Waals surface area contributed by atoms with Crippen LogP contribution >= 0.6 is 0 Å². The smallest absolute Gasteiger partial charge is 0.407 e. The third-order valence-corrected chi connectivity index (χ3v) is 8.19. The van der Waals surface area contributed by atoms with E-state index in [1.165, 1.54) is 38.5 Å². The van der Waals surface area contributed by atoms with Gasteiger partial charge in [0.1, 0.15) is 5.60 Å². The Labute approximate surface area is 220 Å². The Morgan fingerprint density at radius 3 is 2.35 bits per heavy atom. The molecule has 2 aromatic rings. The molecule has 1 atom stereocenters. The van der Waals surface area contributed by atoms with Crippen LogP contribution in [0.25, 0.3) is 11.0 Å². The number of carbonyl (C=O) groups is 1.